The zero-order valence-corrected chi connectivity index (χ0v) is 17.9. The predicted molar refractivity (Wildman–Crippen MR) is 109 cm³/mol. The summed E-state index contributed by atoms with van der Waals surface area (Å²) < 4.78 is 0. The van der Waals surface area contributed by atoms with Gasteiger partial charge in [-0.05, 0) is 55.9 Å². The molecule has 1 unspecified atom stereocenters. The minimum Gasteiger partial charge on any atom is -0.381 e. The summed E-state index contributed by atoms with van der Waals surface area (Å²) in [4.78, 5) is 37.5. The standard InChI is InChI=1S/C20H32N4O4.ClH/c1-20(2)12-9-22-15(14(12)20)18(27)24-13(8-10-4-3-7-21-17(10)26)16(25)19(28)23-11-5-6-11;/h10-16,22,25H,3-9H2,1-2H3,(H,21,26)(H,23,28)(H,24,27);1H/t10-,12-,13-,14-,15-,16?;/m0./s1. The molecule has 9 heteroatoms. The fourth-order valence-corrected chi connectivity index (χ4v) is 5.08. The number of amides is 3. The van der Waals surface area contributed by atoms with Crippen LogP contribution in [0.3, 0.4) is 0 Å². The van der Waals surface area contributed by atoms with Crippen LogP contribution < -0.4 is 21.3 Å². The van der Waals surface area contributed by atoms with Crippen molar-refractivity contribution < 1.29 is 19.5 Å². The molecule has 0 bridgehead atoms. The highest BCUT2D eigenvalue weighted by molar-refractivity contribution is 5.87. The Morgan fingerprint density at radius 3 is 2.59 bits per heavy atom. The molecule has 0 aromatic rings. The van der Waals surface area contributed by atoms with Crippen LogP contribution >= 0.6 is 12.4 Å². The molecule has 4 rings (SSSR count). The topological polar surface area (TPSA) is 120 Å². The highest BCUT2D eigenvalue weighted by atomic mass is 35.5. The van der Waals surface area contributed by atoms with E-state index in [-0.39, 0.29) is 60.0 Å². The van der Waals surface area contributed by atoms with Crippen LogP contribution in [-0.4, -0.2) is 60.1 Å². The van der Waals surface area contributed by atoms with Gasteiger partial charge in [0.15, 0.2) is 6.10 Å². The van der Waals surface area contributed by atoms with Gasteiger partial charge < -0.3 is 26.4 Å². The maximum absolute atomic E-state index is 12.9. The molecule has 0 aromatic heterocycles. The largest absolute Gasteiger partial charge is 0.381 e. The third kappa shape index (κ3) is 4.54. The van der Waals surface area contributed by atoms with Crippen LogP contribution in [0, 0.1) is 23.2 Å². The summed E-state index contributed by atoms with van der Waals surface area (Å²) in [5.41, 5.74) is 0.147. The third-order valence-corrected chi connectivity index (χ3v) is 7.18. The number of carbonyl (C=O) groups excluding carboxylic acids is 3. The molecule has 2 saturated heterocycles. The molecule has 8 nitrogen and oxygen atoms in total. The van der Waals surface area contributed by atoms with E-state index in [0.29, 0.717) is 18.9 Å². The number of nitrogens with one attached hydrogen (secondary N) is 4. The molecule has 4 aliphatic rings. The second-order valence-electron chi connectivity index (χ2n) is 9.55. The van der Waals surface area contributed by atoms with Gasteiger partial charge in [0, 0.05) is 18.5 Å². The molecule has 29 heavy (non-hydrogen) atoms. The lowest BCUT2D eigenvalue weighted by molar-refractivity contribution is -0.135. The first kappa shape index (κ1) is 22.3. The Morgan fingerprint density at radius 1 is 1.28 bits per heavy atom. The van der Waals surface area contributed by atoms with Gasteiger partial charge in [-0.3, -0.25) is 14.4 Å². The van der Waals surface area contributed by atoms with Gasteiger partial charge in [-0.1, -0.05) is 13.8 Å². The highest BCUT2D eigenvalue weighted by Gasteiger charge is 2.65. The lowest BCUT2D eigenvalue weighted by Gasteiger charge is -2.30. The summed E-state index contributed by atoms with van der Waals surface area (Å²) in [7, 11) is 0. The summed E-state index contributed by atoms with van der Waals surface area (Å²) in [5.74, 6) is -0.241. The Balaban J connectivity index is 0.00000240. The number of aliphatic hydroxyl groups is 1. The molecular formula is C20H33ClN4O4. The molecular weight excluding hydrogens is 396 g/mol. The Kier molecular flexibility index (Phi) is 6.46. The van der Waals surface area contributed by atoms with Crippen molar-refractivity contribution in [3.63, 3.8) is 0 Å². The van der Waals surface area contributed by atoms with E-state index in [1.165, 1.54) is 0 Å². The minimum atomic E-state index is -1.36. The van der Waals surface area contributed by atoms with Crippen molar-refractivity contribution in [1.29, 1.82) is 0 Å². The number of piperidine rings is 2. The summed E-state index contributed by atoms with van der Waals surface area (Å²) in [6.45, 7) is 5.81. The Hall–Kier alpha value is -1.38. The van der Waals surface area contributed by atoms with Gasteiger partial charge >= 0.3 is 0 Å². The van der Waals surface area contributed by atoms with E-state index in [2.05, 4.69) is 35.1 Å². The SMILES string of the molecule is CC1(C)[C@@H]2[C@@H](C(=O)N[C@@H](C[C@@H]3CCCNC3=O)C(O)C(=O)NC3CC3)NC[C@@H]21.Cl. The first-order valence-corrected chi connectivity index (χ1v) is 10.6. The zero-order chi connectivity index (χ0) is 20.1. The summed E-state index contributed by atoms with van der Waals surface area (Å²) in [6, 6.07) is -0.954. The van der Waals surface area contributed by atoms with Crippen LogP contribution in [0.25, 0.3) is 0 Å². The lowest BCUT2D eigenvalue weighted by Crippen LogP contribution is -2.56. The van der Waals surface area contributed by atoms with Gasteiger partial charge in [-0.2, -0.15) is 0 Å². The number of hydrogen-bond donors (Lipinski definition) is 5. The molecule has 3 amide bonds. The van der Waals surface area contributed by atoms with Gasteiger partial charge in [0.05, 0.1) is 12.1 Å². The van der Waals surface area contributed by atoms with Crippen LogP contribution in [-0.2, 0) is 14.4 Å². The van der Waals surface area contributed by atoms with Crippen molar-refractivity contribution in [3.8, 4) is 0 Å². The first-order chi connectivity index (χ1) is 13.3. The summed E-state index contributed by atoms with van der Waals surface area (Å²) in [6.07, 6.45) is 2.32. The van der Waals surface area contributed by atoms with E-state index >= 15 is 0 Å². The van der Waals surface area contributed by atoms with E-state index in [1.807, 2.05) is 0 Å². The summed E-state index contributed by atoms with van der Waals surface area (Å²) in [5, 5.41) is 22.5. The van der Waals surface area contributed by atoms with Gasteiger partial charge in [-0.25, -0.2) is 0 Å². The number of fused-ring (bicyclic) bond motifs is 1. The molecule has 0 radical (unpaired) electrons. The van der Waals surface area contributed by atoms with E-state index in [1.54, 1.807) is 0 Å². The van der Waals surface area contributed by atoms with Crippen molar-refractivity contribution in [2.24, 2.45) is 23.2 Å². The molecule has 2 saturated carbocycles. The molecule has 0 aromatic carbocycles. The number of rotatable bonds is 7. The van der Waals surface area contributed by atoms with Gasteiger partial charge in [0.1, 0.15) is 0 Å². The molecule has 2 aliphatic carbocycles. The van der Waals surface area contributed by atoms with Crippen LogP contribution in [0.5, 0.6) is 0 Å². The van der Waals surface area contributed by atoms with E-state index in [4.69, 9.17) is 0 Å². The third-order valence-electron chi connectivity index (χ3n) is 7.18. The number of hydrogen-bond acceptors (Lipinski definition) is 5. The monoisotopic (exact) mass is 428 g/mol. The smallest absolute Gasteiger partial charge is 0.251 e. The average Bonchev–Trinajstić information content (AvgIpc) is 3.48. The molecule has 0 spiro atoms. The molecule has 5 N–H and O–H groups in total. The summed E-state index contributed by atoms with van der Waals surface area (Å²) >= 11 is 0. The molecule has 6 atom stereocenters. The van der Waals surface area contributed by atoms with Crippen molar-refractivity contribution >= 4 is 30.1 Å². The fraction of sp³-hybridized carbons (Fsp3) is 0.850. The number of halogens is 1. The molecule has 4 fully saturated rings. The molecule has 2 heterocycles. The van der Waals surface area contributed by atoms with Crippen molar-refractivity contribution in [3.05, 3.63) is 0 Å². The van der Waals surface area contributed by atoms with Crippen LogP contribution in [0.1, 0.15) is 46.0 Å². The highest BCUT2D eigenvalue weighted by Crippen LogP contribution is 2.62. The quantitative estimate of drug-likeness (QED) is 0.381. The molecule has 2 aliphatic heterocycles. The average molecular weight is 429 g/mol. The molecule has 164 valence electrons. The van der Waals surface area contributed by atoms with Crippen molar-refractivity contribution in [2.75, 3.05) is 13.1 Å². The predicted octanol–water partition coefficient (Wildman–Crippen LogP) is -0.307. The number of carbonyl (C=O) groups is 3. The fourth-order valence-electron chi connectivity index (χ4n) is 5.08. The second-order valence-corrected chi connectivity index (χ2v) is 9.55. The Labute approximate surface area is 177 Å². The Morgan fingerprint density at radius 2 is 2.00 bits per heavy atom. The van der Waals surface area contributed by atoms with Crippen LogP contribution in [0.4, 0.5) is 0 Å². The van der Waals surface area contributed by atoms with Crippen LogP contribution in [0.2, 0.25) is 0 Å². The maximum atomic E-state index is 12.9. The van der Waals surface area contributed by atoms with Gasteiger partial charge in [0.25, 0.3) is 5.91 Å². The van der Waals surface area contributed by atoms with E-state index in [0.717, 1.165) is 25.8 Å². The lowest BCUT2D eigenvalue weighted by atomic mass is 9.89. The first-order valence-electron chi connectivity index (χ1n) is 10.6. The van der Waals surface area contributed by atoms with E-state index < -0.39 is 18.1 Å². The van der Waals surface area contributed by atoms with Crippen LogP contribution in [0.15, 0.2) is 0 Å². The van der Waals surface area contributed by atoms with Gasteiger partial charge in [-0.15, -0.1) is 12.4 Å². The van der Waals surface area contributed by atoms with Crippen molar-refractivity contribution in [2.45, 2.75) is 70.2 Å². The van der Waals surface area contributed by atoms with E-state index in [9.17, 15) is 19.5 Å². The number of aliphatic hydroxyl groups excluding tert-OH is 1. The maximum Gasteiger partial charge on any atom is 0.251 e. The second kappa shape index (κ2) is 8.40. The van der Waals surface area contributed by atoms with Gasteiger partial charge in [0.2, 0.25) is 11.8 Å². The minimum absolute atomic E-state index is 0. The van der Waals surface area contributed by atoms with Crippen molar-refractivity contribution in [1.82, 2.24) is 21.3 Å². The normalized spacial score (nSPS) is 34.1. The Bertz CT molecular complexity index is 669. The zero-order valence-electron chi connectivity index (χ0n) is 17.1.